The first kappa shape index (κ1) is 71.5. The van der Waals surface area contributed by atoms with Crippen molar-refractivity contribution in [2.45, 2.75) is 10.8 Å². The lowest BCUT2D eigenvalue weighted by atomic mass is 9.66. The maximum absolute atomic E-state index is 7.65. The van der Waals surface area contributed by atoms with E-state index in [-0.39, 0.29) is 0 Å². The lowest BCUT2D eigenvalue weighted by Gasteiger charge is -2.39. The second-order valence-electron chi connectivity index (χ2n) is 33.8. The Morgan fingerprint density at radius 2 is 0.547 bits per heavy atom. The zero-order valence-corrected chi connectivity index (χ0v) is 68.8. The average molecular weight is 1630 g/mol. The Morgan fingerprint density at radius 1 is 0.203 bits per heavy atom. The number of hydrogen-bond donors (Lipinski definition) is 0. The predicted octanol–water partition coefficient (Wildman–Crippen LogP) is 28.8. The number of fused-ring (bicyclic) bond motifs is 30. The van der Waals surface area contributed by atoms with Crippen LogP contribution in [0.5, 0.6) is 23.0 Å². The highest BCUT2D eigenvalue weighted by Crippen LogP contribution is 2.66. The zero-order chi connectivity index (χ0) is 83.9. The Bertz CT molecular complexity index is 8590. The largest absolute Gasteiger partial charge is 0.454 e. The third kappa shape index (κ3) is 10.4. The molecule has 4 aromatic heterocycles. The zero-order valence-electron chi connectivity index (χ0n) is 68.8. The lowest BCUT2D eigenvalue weighted by molar-refractivity contribution is 0.440. The van der Waals surface area contributed by atoms with E-state index in [0.717, 1.165) is 200 Å². The predicted molar refractivity (Wildman–Crippen MR) is 515 cm³/mol. The molecule has 2 aliphatic heterocycles. The van der Waals surface area contributed by atoms with Crippen LogP contribution in [0, 0.1) is 0 Å². The average Bonchev–Trinajstić information content (AvgIpc) is 1.54. The maximum Gasteiger partial charge on any atom is 0.238 e. The van der Waals surface area contributed by atoms with E-state index in [9.17, 15) is 0 Å². The van der Waals surface area contributed by atoms with Gasteiger partial charge in [-0.1, -0.05) is 376 Å². The van der Waals surface area contributed by atoms with Gasteiger partial charge < -0.3 is 14.0 Å². The Hall–Kier alpha value is -17.1. The summed E-state index contributed by atoms with van der Waals surface area (Å²) in [5, 5.41) is 8.88. The maximum atomic E-state index is 7.65. The van der Waals surface area contributed by atoms with Gasteiger partial charge in [0.1, 0.15) is 17.0 Å². The van der Waals surface area contributed by atoms with Crippen LogP contribution in [0.15, 0.2) is 425 Å². The molecule has 0 saturated carbocycles. The van der Waals surface area contributed by atoms with Gasteiger partial charge in [-0.05, 0) is 148 Å². The molecular formula is C118H70N8O2. The van der Waals surface area contributed by atoms with Crippen LogP contribution in [0.4, 0.5) is 0 Å². The highest BCUT2D eigenvalue weighted by Gasteiger charge is 2.54. The van der Waals surface area contributed by atoms with E-state index in [1.165, 1.54) is 22.3 Å². The fourth-order valence-electron chi connectivity index (χ4n) is 21.6. The molecule has 1 atom stereocenters. The summed E-state index contributed by atoms with van der Waals surface area (Å²) in [6.07, 6.45) is 0. The fraction of sp³-hybridized carbons (Fsp3) is 0.0169. The molecule has 23 aromatic rings. The molecule has 0 saturated heterocycles. The third-order valence-electron chi connectivity index (χ3n) is 27.2. The van der Waals surface area contributed by atoms with Crippen molar-refractivity contribution in [2.75, 3.05) is 0 Å². The third-order valence-corrected chi connectivity index (χ3v) is 27.2. The van der Waals surface area contributed by atoms with E-state index < -0.39 is 10.8 Å². The van der Waals surface area contributed by atoms with Gasteiger partial charge in [-0.25, -0.2) is 19.9 Å². The number of aromatic nitrogens is 8. The Balaban J connectivity index is 0.623. The molecule has 10 heteroatoms. The van der Waals surface area contributed by atoms with Crippen molar-refractivity contribution in [2.24, 2.45) is 0 Å². The molecule has 4 aliphatic rings. The summed E-state index contributed by atoms with van der Waals surface area (Å²) in [7, 11) is 0. The van der Waals surface area contributed by atoms with Crippen LogP contribution < -0.4 is 9.47 Å². The molecule has 19 aromatic carbocycles. The van der Waals surface area contributed by atoms with Gasteiger partial charge in [0.2, 0.25) is 5.95 Å². The van der Waals surface area contributed by atoms with Crippen LogP contribution in [-0.2, 0) is 10.8 Å². The summed E-state index contributed by atoms with van der Waals surface area (Å²) in [4.78, 5) is 33.0. The second kappa shape index (κ2) is 27.7. The van der Waals surface area contributed by atoms with E-state index >= 15 is 0 Å². The summed E-state index contributed by atoms with van der Waals surface area (Å²) in [5.41, 5.74) is 27.7. The highest BCUT2D eigenvalue weighted by molar-refractivity contribution is 6.24. The van der Waals surface area contributed by atoms with Gasteiger partial charge in [0.05, 0.1) is 27.4 Å². The molecule has 2 aliphatic carbocycles. The van der Waals surface area contributed by atoms with Crippen LogP contribution in [0.2, 0.25) is 0 Å². The Morgan fingerprint density at radius 3 is 1.07 bits per heavy atom. The first-order valence-corrected chi connectivity index (χ1v) is 43.5. The molecule has 6 heterocycles. The van der Waals surface area contributed by atoms with Crippen molar-refractivity contribution in [3.63, 3.8) is 0 Å². The molecule has 0 N–H and O–H groups in total. The summed E-state index contributed by atoms with van der Waals surface area (Å²) in [5.74, 6) is 6.33. The SMILES string of the molecule is c1ccc(-c2ccc(-c3nc(-c4cccc(-c5ccc6c(c5)-c5ccccc5C65c6ccccc6Oc6c5ccc5c7c8ccccc8ccc7n(-c7nc(-c8ccccc8)nc(-c8ccc(-c9ccccc9)cc8)n7)c65)c4)nc(-c4cccc(-n5c6ccc7ccccc7c6c6ccc7c(c65)Oc5ccccc5C75c6ccccc6-c6ccccc65)c4)n3)cc2)cc1. The standard InChI is InChI=1S/C118H70N8O2/c1-4-26-71(27-5-1)73-50-54-78(55-51-73)111-119-114(122-115(120-111)83-36-25-37-84(69-83)125-101-66-59-75-30-10-12-38-85(75)105(101)90-61-64-99-109(107(90)125)127-103-48-22-20-46-97(103)117(99)93-43-17-14-40-87(93)88-41-15-18-44-94(88)117)82-35-24-34-80(68-82)81-58-63-96-92(70-81)89-42-16-19-45-95(89)118(96)98-47-21-23-49-104(98)128-110-100(118)65-62-91-106-86-39-13-11-31-76(86)60-67-102(106)126(108(91)110)116-123-112(77-32-8-3-9-33-77)121-113(124-116)79-56-52-74(53-57-79)72-28-6-2-7-29-72/h1-70H. The van der Waals surface area contributed by atoms with Crippen molar-refractivity contribution in [3.8, 4) is 147 Å². The van der Waals surface area contributed by atoms with E-state index in [0.29, 0.717) is 35.1 Å². The number of ether oxygens (including phenoxy) is 2. The van der Waals surface area contributed by atoms with Crippen molar-refractivity contribution in [3.05, 3.63) is 469 Å². The molecule has 0 amide bonds. The molecule has 27 rings (SSSR count). The summed E-state index contributed by atoms with van der Waals surface area (Å²) >= 11 is 0. The Labute approximate surface area is 736 Å². The van der Waals surface area contributed by atoms with Crippen molar-refractivity contribution >= 4 is 65.2 Å². The smallest absolute Gasteiger partial charge is 0.238 e. The van der Waals surface area contributed by atoms with E-state index in [4.69, 9.17) is 39.4 Å². The molecule has 0 bridgehead atoms. The molecule has 10 nitrogen and oxygen atoms in total. The number of nitrogens with zero attached hydrogens (tertiary/aromatic N) is 8. The van der Waals surface area contributed by atoms with E-state index in [1.54, 1.807) is 0 Å². The van der Waals surface area contributed by atoms with Gasteiger partial charge in [-0.2, -0.15) is 9.97 Å². The van der Waals surface area contributed by atoms with Crippen LogP contribution >= 0.6 is 0 Å². The molecule has 2 spiro atoms. The van der Waals surface area contributed by atoms with Crippen molar-refractivity contribution in [1.29, 1.82) is 0 Å². The normalized spacial score (nSPS) is 14.0. The van der Waals surface area contributed by atoms with Gasteiger partial charge in [0.25, 0.3) is 0 Å². The summed E-state index contributed by atoms with van der Waals surface area (Å²) < 4.78 is 19.9. The molecule has 128 heavy (non-hydrogen) atoms. The van der Waals surface area contributed by atoms with E-state index in [2.05, 4.69) is 410 Å². The number of para-hydroxylation sites is 2. The minimum Gasteiger partial charge on any atom is -0.454 e. The van der Waals surface area contributed by atoms with Crippen LogP contribution in [-0.4, -0.2) is 39.0 Å². The molecular weight excluding hydrogens is 1560 g/mol. The van der Waals surface area contributed by atoms with Gasteiger partial charge in [-0.3, -0.25) is 4.57 Å². The number of benzene rings is 19. The number of hydrogen-bond acceptors (Lipinski definition) is 8. The minimum atomic E-state index is -0.865. The van der Waals surface area contributed by atoms with Crippen LogP contribution in [0.25, 0.3) is 189 Å². The van der Waals surface area contributed by atoms with Gasteiger partial charge in [0, 0.05) is 77.3 Å². The van der Waals surface area contributed by atoms with Gasteiger partial charge in [0.15, 0.2) is 40.6 Å². The first-order chi connectivity index (χ1) is 63.4. The second-order valence-corrected chi connectivity index (χ2v) is 33.8. The molecule has 1 unspecified atom stereocenters. The molecule has 0 fully saturated rings. The first-order valence-electron chi connectivity index (χ1n) is 43.5. The summed E-state index contributed by atoms with van der Waals surface area (Å²) in [6.45, 7) is 0. The van der Waals surface area contributed by atoms with Crippen molar-refractivity contribution < 1.29 is 9.47 Å². The van der Waals surface area contributed by atoms with Crippen LogP contribution in [0.1, 0.15) is 44.5 Å². The molecule has 0 radical (unpaired) electrons. The quantitative estimate of drug-likeness (QED) is 0.133. The summed E-state index contributed by atoms with van der Waals surface area (Å²) in [6, 6.07) is 152. The van der Waals surface area contributed by atoms with Crippen LogP contribution in [0.3, 0.4) is 0 Å². The molecule has 594 valence electrons. The Kier molecular flexibility index (Phi) is 15.5. The van der Waals surface area contributed by atoms with Gasteiger partial charge in [-0.15, -0.1) is 0 Å². The minimum absolute atomic E-state index is 0.471. The highest BCUT2D eigenvalue weighted by atomic mass is 16.5. The van der Waals surface area contributed by atoms with E-state index in [1.807, 2.05) is 24.3 Å². The van der Waals surface area contributed by atoms with Gasteiger partial charge >= 0.3 is 0 Å². The topological polar surface area (TPSA) is 106 Å². The van der Waals surface area contributed by atoms with Crippen molar-refractivity contribution in [1.82, 2.24) is 39.0 Å². The monoisotopic (exact) mass is 1630 g/mol. The number of rotatable bonds is 10. The fourth-order valence-corrected chi connectivity index (χ4v) is 21.6. The lowest BCUT2D eigenvalue weighted by Crippen LogP contribution is -2.32.